The highest BCUT2D eigenvalue weighted by Gasteiger charge is 2.68. The van der Waals surface area contributed by atoms with Crippen molar-refractivity contribution in [3.63, 3.8) is 0 Å². The molecule has 4 heteroatoms. The Kier molecular flexibility index (Phi) is 3.30. The van der Waals surface area contributed by atoms with Crippen molar-refractivity contribution >= 4 is 16.8 Å². The predicted octanol–water partition coefficient (Wildman–Crippen LogP) is 3.23. The van der Waals surface area contributed by atoms with E-state index in [0.29, 0.717) is 13.0 Å². The van der Waals surface area contributed by atoms with E-state index in [2.05, 4.69) is 47.0 Å². The highest BCUT2D eigenvalue weighted by molar-refractivity contribution is 5.88. The third-order valence-corrected chi connectivity index (χ3v) is 7.18. The second kappa shape index (κ2) is 5.37. The van der Waals surface area contributed by atoms with Crippen molar-refractivity contribution in [1.29, 1.82) is 0 Å². The summed E-state index contributed by atoms with van der Waals surface area (Å²) in [5.41, 5.74) is 3.32. The molecule has 4 heterocycles. The molecule has 3 aliphatic rings. The first kappa shape index (κ1) is 16.0. The second-order valence-corrected chi connectivity index (χ2v) is 8.03. The summed E-state index contributed by atoms with van der Waals surface area (Å²) in [5.74, 6) is 2.98. The summed E-state index contributed by atoms with van der Waals surface area (Å²) in [7, 11) is 0. The molecule has 1 spiro atoms. The molecule has 0 radical (unpaired) electrons. The van der Waals surface area contributed by atoms with Crippen molar-refractivity contribution in [2.45, 2.75) is 44.7 Å². The van der Waals surface area contributed by atoms with Gasteiger partial charge in [-0.25, -0.2) is 0 Å². The fourth-order valence-corrected chi connectivity index (χ4v) is 6.19. The average Bonchev–Trinajstić information content (AvgIpc) is 3.16. The van der Waals surface area contributed by atoms with Gasteiger partial charge < -0.3 is 9.88 Å². The number of nitrogens with zero attached hydrogens (tertiary/aromatic N) is 2. The first-order chi connectivity index (χ1) is 12.7. The van der Waals surface area contributed by atoms with Crippen LogP contribution in [0.2, 0.25) is 0 Å². The molecule has 1 aromatic carbocycles. The zero-order valence-corrected chi connectivity index (χ0v) is 15.3. The molecule has 1 N–H and O–H groups in total. The predicted molar refractivity (Wildman–Crippen MR) is 102 cm³/mol. The first-order valence-corrected chi connectivity index (χ1v) is 9.77. The van der Waals surface area contributed by atoms with Crippen LogP contribution in [0, 0.1) is 17.8 Å². The monoisotopic (exact) mass is 347 g/mol. The van der Waals surface area contributed by atoms with E-state index in [4.69, 9.17) is 6.42 Å². The summed E-state index contributed by atoms with van der Waals surface area (Å²) in [5, 5.41) is 1.30. The third kappa shape index (κ3) is 1.68. The number of benzene rings is 1. The molecule has 0 aliphatic carbocycles. The highest BCUT2D eigenvalue weighted by Crippen LogP contribution is 2.62. The number of carbonyl (C=O) groups excluding carboxylic acids is 1. The number of terminal acetylenes is 1. The third-order valence-electron chi connectivity index (χ3n) is 7.18. The summed E-state index contributed by atoms with van der Waals surface area (Å²) >= 11 is 0. The molecule has 2 unspecified atom stereocenters. The molecule has 2 fully saturated rings. The Hall–Kier alpha value is -2.25. The normalized spacial score (nSPS) is 30.8. The molecular formula is C22H25N3O. The molecule has 1 aromatic heterocycles. The first-order valence-electron chi connectivity index (χ1n) is 9.77. The van der Waals surface area contributed by atoms with E-state index in [1.807, 2.05) is 4.90 Å². The Morgan fingerprint density at radius 2 is 2.15 bits per heavy atom. The minimum Gasteiger partial charge on any atom is -0.355 e. The van der Waals surface area contributed by atoms with E-state index < -0.39 is 5.66 Å². The standard InChI is InChI=1S/C22H25N3O/c1-3-12-25-19(26)15-21(4-2)11-7-13-24-14-10-17-16-8-5-6-9-18(16)23-20(17)22(21,24)25/h1,5-6,8-9,23H,4,7,10-15H2,2H3. The Bertz CT molecular complexity index is 939. The highest BCUT2D eigenvalue weighted by atomic mass is 16.2. The number of likely N-dealkylation sites (tertiary alicyclic amines) is 1. The van der Waals surface area contributed by atoms with Crippen LogP contribution in [0.1, 0.15) is 43.9 Å². The summed E-state index contributed by atoms with van der Waals surface area (Å²) in [6.45, 7) is 4.65. The lowest BCUT2D eigenvalue weighted by atomic mass is 9.63. The molecule has 5 rings (SSSR count). The number of nitrogens with one attached hydrogen (secondary N) is 1. The maximum atomic E-state index is 13.2. The van der Waals surface area contributed by atoms with Gasteiger partial charge in [0.25, 0.3) is 0 Å². The second-order valence-electron chi connectivity index (χ2n) is 8.03. The number of rotatable bonds is 2. The number of hydrogen-bond acceptors (Lipinski definition) is 2. The zero-order valence-electron chi connectivity index (χ0n) is 15.3. The smallest absolute Gasteiger partial charge is 0.225 e. The molecule has 134 valence electrons. The van der Waals surface area contributed by atoms with Crippen molar-refractivity contribution in [1.82, 2.24) is 14.8 Å². The molecule has 3 aliphatic heterocycles. The Morgan fingerprint density at radius 3 is 2.96 bits per heavy atom. The van der Waals surface area contributed by atoms with Crippen LogP contribution in [0.25, 0.3) is 10.9 Å². The molecule has 26 heavy (non-hydrogen) atoms. The number of fused-ring (bicyclic) bond motifs is 3. The zero-order chi connectivity index (χ0) is 17.9. The van der Waals surface area contributed by atoms with Gasteiger partial charge in [0.05, 0.1) is 12.2 Å². The largest absolute Gasteiger partial charge is 0.355 e. The summed E-state index contributed by atoms with van der Waals surface area (Å²) in [6, 6.07) is 8.53. The fourth-order valence-electron chi connectivity index (χ4n) is 6.19. The van der Waals surface area contributed by atoms with Crippen LogP contribution < -0.4 is 0 Å². The van der Waals surface area contributed by atoms with E-state index in [1.165, 1.54) is 22.2 Å². The summed E-state index contributed by atoms with van der Waals surface area (Å²) < 4.78 is 0. The van der Waals surface area contributed by atoms with E-state index >= 15 is 0 Å². The number of H-pyrrole nitrogens is 1. The van der Waals surface area contributed by atoms with Crippen molar-refractivity contribution < 1.29 is 4.79 Å². The Morgan fingerprint density at radius 1 is 1.31 bits per heavy atom. The maximum Gasteiger partial charge on any atom is 0.225 e. The van der Waals surface area contributed by atoms with Gasteiger partial charge in [0.15, 0.2) is 0 Å². The minimum atomic E-state index is -0.407. The maximum absolute atomic E-state index is 13.2. The number of amides is 1. The molecule has 0 bridgehead atoms. The van der Waals surface area contributed by atoms with E-state index in [-0.39, 0.29) is 11.3 Å². The van der Waals surface area contributed by atoms with E-state index in [9.17, 15) is 4.79 Å². The fraction of sp³-hybridized carbons (Fsp3) is 0.500. The molecule has 2 saturated heterocycles. The van der Waals surface area contributed by atoms with Crippen LogP contribution in [0.4, 0.5) is 0 Å². The van der Waals surface area contributed by atoms with Crippen LogP contribution >= 0.6 is 0 Å². The molecule has 4 nitrogen and oxygen atoms in total. The minimum absolute atomic E-state index is 0.0603. The number of aromatic amines is 1. The number of piperidine rings is 1. The lowest BCUT2D eigenvalue weighted by Gasteiger charge is -2.59. The van der Waals surface area contributed by atoms with Gasteiger partial charge in [0.1, 0.15) is 5.66 Å². The lowest BCUT2D eigenvalue weighted by molar-refractivity contribution is -0.159. The quantitative estimate of drug-likeness (QED) is 0.847. The topological polar surface area (TPSA) is 39.3 Å². The van der Waals surface area contributed by atoms with Crippen molar-refractivity contribution in [3.8, 4) is 12.3 Å². The van der Waals surface area contributed by atoms with Crippen LogP contribution in [-0.2, 0) is 16.9 Å². The SMILES string of the molecule is C#CCN1C(=O)CC2(CC)CCCN3CCc4c([nH]c5ccccc45)C312. The van der Waals surface area contributed by atoms with Gasteiger partial charge in [0.2, 0.25) is 5.91 Å². The van der Waals surface area contributed by atoms with Crippen LogP contribution in [0.5, 0.6) is 0 Å². The Balaban J connectivity index is 1.86. The van der Waals surface area contributed by atoms with Gasteiger partial charge in [-0.3, -0.25) is 9.69 Å². The number of hydrogen-bond donors (Lipinski definition) is 1. The molecular weight excluding hydrogens is 322 g/mol. The van der Waals surface area contributed by atoms with Crippen molar-refractivity contribution in [2.24, 2.45) is 5.41 Å². The average molecular weight is 347 g/mol. The van der Waals surface area contributed by atoms with Crippen LogP contribution in [0.15, 0.2) is 24.3 Å². The van der Waals surface area contributed by atoms with Crippen LogP contribution in [-0.4, -0.2) is 40.3 Å². The van der Waals surface area contributed by atoms with Gasteiger partial charge >= 0.3 is 0 Å². The molecule has 0 saturated carbocycles. The van der Waals surface area contributed by atoms with Gasteiger partial charge in [-0.15, -0.1) is 6.42 Å². The van der Waals surface area contributed by atoms with Gasteiger partial charge in [-0.05, 0) is 37.3 Å². The number of aromatic nitrogens is 1. The van der Waals surface area contributed by atoms with Gasteiger partial charge in [-0.2, -0.15) is 0 Å². The molecule has 2 atom stereocenters. The molecule has 2 aromatic rings. The van der Waals surface area contributed by atoms with Gasteiger partial charge in [-0.1, -0.05) is 31.0 Å². The summed E-state index contributed by atoms with van der Waals surface area (Å²) in [6.07, 6.45) is 10.6. The van der Waals surface area contributed by atoms with Crippen molar-refractivity contribution in [2.75, 3.05) is 19.6 Å². The van der Waals surface area contributed by atoms with Gasteiger partial charge in [0, 0.05) is 35.8 Å². The molecule has 1 amide bonds. The van der Waals surface area contributed by atoms with Crippen molar-refractivity contribution in [3.05, 3.63) is 35.5 Å². The lowest BCUT2D eigenvalue weighted by Crippen LogP contribution is -2.67. The van der Waals surface area contributed by atoms with E-state index in [0.717, 1.165) is 38.8 Å². The van der Waals surface area contributed by atoms with Crippen LogP contribution in [0.3, 0.4) is 0 Å². The number of para-hydroxylation sites is 1. The Labute approximate surface area is 154 Å². The summed E-state index contributed by atoms with van der Waals surface area (Å²) in [4.78, 5) is 21.5. The van der Waals surface area contributed by atoms with E-state index in [1.54, 1.807) is 0 Å². The number of carbonyl (C=O) groups is 1.